The van der Waals surface area contributed by atoms with Crippen molar-refractivity contribution in [2.24, 2.45) is 0 Å². The first-order valence-electron chi connectivity index (χ1n) is 19.8. The number of amides is 6. The topological polar surface area (TPSA) is 160 Å². The van der Waals surface area contributed by atoms with Gasteiger partial charge in [-0.1, -0.05) is 51.0 Å². The van der Waals surface area contributed by atoms with Crippen molar-refractivity contribution in [2.45, 2.75) is 90.4 Å². The first-order chi connectivity index (χ1) is 27.0. The quantitative estimate of drug-likeness (QED) is 0.165. The Balaban J connectivity index is 0.793. The zero-order valence-electron chi connectivity index (χ0n) is 32.1. The van der Waals surface area contributed by atoms with Crippen molar-refractivity contribution < 1.29 is 33.9 Å². The summed E-state index contributed by atoms with van der Waals surface area (Å²) >= 11 is 0. The first-order valence-corrected chi connectivity index (χ1v) is 19.8. The molecule has 0 saturated carbocycles. The Hall–Kier alpha value is -5.40. The van der Waals surface area contributed by atoms with E-state index < -0.39 is 29.7 Å². The molecule has 4 heterocycles. The lowest BCUT2D eigenvalue weighted by Gasteiger charge is -2.34. The third kappa shape index (κ3) is 8.38. The van der Waals surface area contributed by atoms with Gasteiger partial charge in [-0.25, -0.2) is 0 Å². The van der Waals surface area contributed by atoms with E-state index in [-0.39, 0.29) is 59.6 Å². The van der Waals surface area contributed by atoms with Gasteiger partial charge in [0.05, 0.1) is 16.8 Å². The molecule has 1 unspecified atom stereocenters. The molecule has 56 heavy (non-hydrogen) atoms. The fourth-order valence-corrected chi connectivity index (χ4v) is 8.26. The maximum Gasteiger partial charge on any atom is 0.264 e. The zero-order chi connectivity index (χ0) is 39.5. The van der Waals surface area contributed by atoms with Crippen LogP contribution in [0.4, 0.5) is 5.69 Å². The van der Waals surface area contributed by atoms with E-state index in [1.807, 2.05) is 24.8 Å². The number of imide groups is 2. The molecule has 13 heteroatoms. The molecule has 13 nitrogen and oxygen atoms in total. The maximum absolute atomic E-state index is 13.3. The molecule has 0 aromatic heterocycles. The number of piperidine rings is 1. The molecule has 294 valence electrons. The second-order valence-corrected chi connectivity index (χ2v) is 15.7. The molecule has 0 bridgehead atoms. The normalized spacial score (nSPS) is 18.7. The molecule has 4 aliphatic heterocycles. The number of carbonyl (C=O) groups excluding carboxylic acids is 6. The van der Waals surface area contributed by atoms with Crippen LogP contribution in [0.25, 0.3) is 0 Å². The summed E-state index contributed by atoms with van der Waals surface area (Å²) in [5.74, 6) is -2.26. The highest BCUT2D eigenvalue weighted by atomic mass is 16.3. The predicted molar refractivity (Wildman–Crippen MR) is 209 cm³/mol. The number of anilines is 1. The number of nitrogens with one attached hydrogen (secondary N) is 2. The number of hydrogen-bond donors (Lipinski definition) is 3. The summed E-state index contributed by atoms with van der Waals surface area (Å²) in [6, 6.07) is 15.4. The summed E-state index contributed by atoms with van der Waals surface area (Å²) < 4.78 is 0. The molecular weight excluding hydrogens is 713 g/mol. The summed E-state index contributed by atoms with van der Waals surface area (Å²) in [5, 5.41) is 15.2. The third-order valence-electron chi connectivity index (χ3n) is 11.4. The fraction of sp³-hybridized carbons (Fsp3) is 0.442. The van der Waals surface area contributed by atoms with Crippen LogP contribution < -0.4 is 10.6 Å². The van der Waals surface area contributed by atoms with Gasteiger partial charge in [0.2, 0.25) is 17.7 Å². The van der Waals surface area contributed by atoms with Crippen LogP contribution >= 0.6 is 0 Å². The Morgan fingerprint density at radius 3 is 2.38 bits per heavy atom. The van der Waals surface area contributed by atoms with Gasteiger partial charge in [-0.05, 0) is 84.3 Å². The van der Waals surface area contributed by atoms with E-state index in [4.69, 9.17) is 0 Å². The van der Waals surface area contributed by atoms with Crippen LogP contribution in [0.3, 0.4) is 0 Å². The van der Waals surface area contributed by atoms with Gasteiger partial charge in [-0.2, -0.15) is 0 Å². The van der Waals surface area contributed by atoms with E-state index >= 15 is 0 Å². The van der Waals surface area contributed by atoms with Gasteiger partial charge in [0.25, 0.3) is 17.7 Å². The standard InChI is InChI=1S/C43H50N6O7/c1-27(2)33-23-29(13-15-36(33)50)41(54)48-25-30-12-11-28(22-31(30)26-48)24-47-20-18-46(19-21-47)17-6-4-3-5-10-37(51)44-34-9-7-8-32-39(34)43(56)49(42(32)55)35-14-16-38(52)45-40(35)53/h7-9,11-13,15,22-23,27,35,50H,3-6,10,14,16-21,24-26H2,1-2H3,(H,44,51)(H,45,52,53). The van der Waals surface area contributed by atoms with E-state index in [1.165, 1.54) is 22.8 Å². The lowest BCUT2D eigenvalue weighted by molar-refractivity contribution is -0.136. The minimum atomic E-state index is -1.06. The van der Waals surface area contributed by atoms with E-state index in [0.29, 0.717) is 25.1 Å². The SMILES string of the molecule is CC(C)c1cc(C(=O)N2Cc3ccc(CN4CCN(CCCCCCC(=O)Nc5cccc6c5C(=O)N(C5CCC(=O)NC5=O)C6=O)CC4)cc3C2)ccc1O. The van der Waals surface area contributed by atoms with Crippen molar-refractivity contribution >= 4 is 41.1 Å². The molecule has 3 N–H and O–H groups in total. The van der Waals surface area contributed by atoms with Crippen LogP contribution in [0, 0.1) is 0 Å². The minimum absolute atomic E-state index is 0.0155. The summed E-state index contributed by atoms with van der Waals surface area (Å²) in [6.07, 6.45) is 4.04. The lowest BCUT2D eigenvalue weighted by Crippen LogP contribution is -2.54. The van der Waals surface area contributed by atoms with E-state index in [0.717, 1.165) is 69.0 Å². The zero-order valence-corrected chi connectivity index (χ0v) is 32.1. The number of nitrogens with zero attached hydrogens (tertiary/aromatic N) is 4. The molecule has 3 aromatic rings. The number of unbranched alkanes of at least 4 members (excludes halogenated alkanes) is 3. The Morgan fingerprint density at radius 2 is 1.61 bits per heavy atom. The first kappa shape index (κ1) is 38.9. The number of phenolic OH excluding ortho intramolecular Hbond substituents is 1. The maximum atomic E-state index is 13.3. The third-order valence-corrected chi connectivity index (χ3v) is 11.4. The largest absolute Gasteiger partial charge is 0.508 e. The van der Waals surface area contributed by atoms with Crippen LogP contribution in [0.5, 0.6) is 5.75 Å². The second kappa shape index (κ2) is 16.8. The van der Waals surface area contributed by atoms with Crippen molar-refractivity contribution in [1.82, 2.24) is 24.9 Å². The molecule has 4 aliphatic rings. The molecule has 6 amide bonds. The monoisotopic (exact) mass is 762 g/mol. The average molecular weight is 763 g/mol. The van der Waals surface area contributed by atoms with Crippen LogP contribution in [-0.2, 0) is 34.0 Å². The van der Waals surface area contributed by atoms with E-state index in [2.05, 4.69) is 38.6 Å². The lowest BCUT2D eigenvalue weighted by atomic mass is 9.99. The summed E-state index contributed by atoms with van der Waals surface area (Å²) in [6.45, 7) is 11.1. The molecule has 3 aromatic carbocycles. The summed E-state index contributed by atoms with van der Waals surface area (Å²) in [5.41, 5.74) is 5.50. The molecule has 0 aliphatic carbocycles. The van der Waals surface area contributed by atoms with Gasteiger partial charge in [-0.15, -0.1) is 0 Å². The van der Waals surface area contributed by atoms with Gasteiger partial charge >= 0.3 is 0 Å². The van der Waals surface area contributed by atoms with Crippen LogP contribution in [-0.4, -0.2) is 98.9 Å². The Kier molecular flexibility index (Phi) is 11.6. The Bertz CT molecular complexity index is 2060. The summed E-state index contributed by atoms with van der Waals surface area (Å²) in [7, 11) is 0. The van der Waals surface area contributed by atoms with E-state index in [9.17, 15) is 33.9 Å². The number of aromatic hydroxyl groups is 1. The average Bonchev–Trinajstić information content (AvgIpc) is 3.71. The van der Waals surface area contributed by atoms with Crippen molar-refractivity contribution in [3.8, 4) is 5.75 Å². The van der Waals surface area contributed by atoms with Crippen LogP contribution in [0.2, 0.25) is 0 Å². The predicted octanol–water partition coefficient (Wildman–Crippen LogP) is 4.78. The smallest absolute Gasteiger partial charge is 0.264 e. The van der Waals surface area contributed by atoms with Crippen molar-refractivity contribution in [2.75, 3.05) is 38.0 Å². The minimum Gasteiger partial charge on any atom is -0.508 e. The van der Waals surface area contributed by atoms with Gasteiger partial charge in [0.1, 0.15) is 11.8 Å². The van der Waals surface area contributed by atoms with Crippen molar-refractivity contribution in [3.05, 3.63) is 93.5 Å². The number of carbonyl (C=O) groups is 6. The van der Waals surface area contributed by atoms with Crippen LogP contribution in [0.15, 0.2) is 54.6 Å². The molecule has 0 spiro atoms. The van der Waals surface area contributed by atoms with Gasteiger partial charge in [0.15, 0.2) is 0 Å². The molecular formula is C43H50N6O7. The molecule has 2 saturated heterocycles. The van der Waals surface area contributed by atoms with Crippen molar-refractivity contribution in [1.29, 1.82) is 0 Å². The fourth-order valence-electron chi connectivity index (χ4n) is 8.26. The highest BCUT2D eigenvalue weighted by molar-refractivity contribution is 6.26. The summed E-state index contributed by atoms with van der Waals surface area (Å²) in [4.78, 5) is 84.3. The van der Waals surface area contributed by atoms with Gasteiger partial charge < -0.3 is 20.2 Å². The van der Waals surface area contributed by atoms with Crippen LogP contribution in [0.1, 0.15) is 118 Å². The Morgan fingerprint density at radius 1 is 0.857 bits per heavy atom. The Labute approximate surface area is 327 Å². The molecule has 1 atom stereocenters. The number of piperazine rings is 1. The number of phenols is 1. The number of hydrogen-bond acceptors (Lipinski definition) is 9. The molecule has 2 fully saturated rings. The van der Waals surface area contributed by atoms with Gasteiger partial charge in [0, 0.05) is 64.2 Å². The molecule has 7 rings (SSSR count). The number of fused-ring (bicyclic) bond motifs is 2. The number of benzene rings is 3. The highest BCUT2D eigenvalue weighted by Crippen LogP contribution is 2.33. The molecule has 0 radical (unpaired) electrons. The number of rotatable bonds is 13. The second-order valence-electron chi connectivity index (χ2n) is 15.7. The van der Waals surface area contributed by atoms with Gasteiger partial charge in [-0.3, -0.25) is 43.9 Å². The van der Waals surface area contributed by atoms with E-state index in [1.54, 1.807) is 24.3 Å². The van der Waals surface area contributed by atoms with Crippen molar-refractivity contribution in [3.63, 3.8) is 0 Å². The highest BCUT2D eigenvalue weighted by Gasteiger charge is 2.45.